The molecule has 0 heterocycles. The summed E-state index contributed by atoms with van der Waals surface area (Å²) in [7, 11) is 0. The fraction of sp³-hybridized carbons (Fsp3) is 0.167. The van der Waals surface area contributed by atoms with Crippen molar-refractivity contribution in [1.82, 2.24) is 0 Å². The zero-order valence-corrected chi connectivity index (χ0v) is 9.00. The fourth-order valence-electron chi connectivity index (χ4n) is 0.890. The Kier molecular flexibility index (Phi) is 6.36. The van der Waals surface area contributed by atoms with Crippen molar-refractivity contribution in [3.05, 3.63) is 59.8 Å². The van der Waals surface area contributed by atoms with Crippen LogP contribution >= 0.6 is 0 Å². The smallest absolute Gasteiger partial charge is 0.00806 e. The number of allylic oxidation sites excluding steroid dienone is 7. The second-order valence-corrected chi connectivity index (χ2v) is 2.82. The third-order valence-electron chi connectivity index (χ3n) is 1.58. The Morgan fingerprint density at radius 2 is 1.85 bits per heavy atom. The predicted molar refractivity (Wildman–Crippen MR) is 53.6 cm³/mol. The van der Waals surface area contributed by atoms with Crippen molar-refractivity contribution in [3.63, 3.8) is 0 Å². The molecule has 2 aliphatic carbocycles. The summed E-state index contributed by atoms with van der Waals surface area (Å²) in [4.78, 5) is 0. The summed E-state index contributed by atoms with van der Waals surface area (Å²) in [6.07, 6.45) is 14.2. The maximum Gasteiger partial charge on any atom is 0.00806 e. The average molecular weight is 213 g/mol. The molecule has 0 saturated carbocycles. The van der Waals surface area contributed by atoms with Crippen LogP contribution in [-0.4, -0.2) is 0 Å². The zero-order chi connectivity index (χ0) is 8.81. The van der Waals surface area contributed by atoms with E-state index in [9.17, 15) is 0 Å². The molecule has 0 aromatic rings. The molecule has 0 N–H and O–H groups in total. The summed E-state index contributed by atoms with van der Waals surface area (Å²) < 4.78 is 0. The van der Waals surface area contributed by atoms with Crippen LogP contribution in [0.1, 0.15) is 13.8 Å². The first-order chi connectivity index (χ1) is 5.79. The van der Waals surface area contributed by atoms with Gasteiger partial charge >= 0.3 is 0 Å². The summed E-state index contributed by atoms with van der Waals surface area (Å²) in [5, 5.41) is 0. The minimum atomic E-state index is 0. The van der Waals surface area contributed by atoms with E-state index >= 15 is 0 Å². The van der Waals surface area contributed by atoms with Gasteiger partial charge in [-0.1, -0.05) is 36.0 Å². The van der Waals surface area contributed by atoms with Gasteiger partial charge in [0, 0.05) is 23.5 Å². The van der Waals surface area contributed by atoms with Gasteiger partial charge in [0.15, 0.2) is 0 Å². The molecule has 0 amide bonds. The van der Waals surface area contributed by atoms with Gasteiger partial charge in [-0.2, -0.15) is 0 Å². The zero-order valence-electron chi connectivity index (χ0n) is 7.90. The van der Waals surface area contributed by atoms with Crippen LogP contribution in [-0.2, 0) is 17.1 Å². The van der Waals surface area contributed by atoms with Gasteiger partial charge in [0.25, 0.3) is 0 Å². The molecule has 2 rings (SSSR count). The first-order valence-electron chi connectivity index (χ1n) is 4.07. The van der Waals surface area contributed by atoms with Crippen LogP contribution in [0.3, 0.4) is 0 Å². The molecule has 0 spiro atoms. The molecule has 0 atom stereocenters. The molecule has 0 fully saturated rings. The van der Waals surface area contributed by atoms with Crippen LogP contribution in [0, 0.1) is 6.42 Å². The topological polar surface area (TPSA) is 0 Å². The van der Waals surface area contributed by atoms with Gasteiger partial charge in [-0.15, -0.1) is 5.73 Å². The molecule has 0 nitrogen and oxygen atoms in total. The minimum absolute atomic E-state index is 0. The van der Waals surface area contributed by atoms with Gasteiger partial charge in [-0.3, -0.25) is 0 Å². The molecule has 69 valence electrons. The SMILES string of the molecule is CC1=C=CC=C1.CC1=CC=C[CH]1.[Fe]. The summed E-state index contributed by atoms with van der Waals surface area (Å²) in [5.41, 5.74) is 5.56. The van der Waals surface area contributed by atoms with E-state index in [-0.39, 0.29) is 17.1 Å². The maximum absolute atomic E-state index is 3.00. The van der Waals surface area contributed by atoms with E-state index in [4.69, 9.17) is 0 Å². The van der Waals surface area contributed by atoms with E-state index in [2.05, 4.69) is 25.2 Å². The molecule has 0 saturated heterocycles. The second kappa shape index (κ2) is 6.74. The van der Waals surface area contributed by atoms with Crippen molar-refractivity contribution in [1.29, 1.82) is 0 Å². The summed E-state index contributed by atoms with van der Waals surface area (Å²) in [5.74, 6) is 0. The molecular weight excluding hydrogens is 200 g/mol. The Bertz CT molecular complexity index is 297. The normalized spacial score (nSPS) is 15.8. The predicted octanol–water partition coefficient (Wildman–Crippen LogP) is 3.36. The van der Waals surface area contributed by atoms with E-state index < -0.39 is 0 Å². The van der Waals surface area contributed by atoms with Gasteiger partial charge in [-0.25, -0.2) is 0 Å². The molecule has 1 heteroatoms. The number of rotatable bonds is 0. The van der Waals surface area contributed by atoms with Gasteiger partial charge in [0.2, 0.25) is 0 Å². The fourth-order valence-corrected chi connectivity index (χ4v) is 0.890. The molecule has 0 bridgehead atoms. The van der Waals surface area contributed by atoms with Gasteiger partial charge in [0.05, 0.1) is 0 Å². The molecule has 2 aliphatic rings. The second-order valence-electron chi connectivity index (χ2n) is 2.82. The van der Waals surface area contributed by atoms with E-state index in [1.807, 2.05) is 37.3 Å². The largest absolute Gasteiger partial charge is 0.118 e. The maximum atomic E-state index is 3.00. The monoisotopic (exact) mass is 213 g/mol. The van der Waals surface area contributed by atoms with Crippen LogP contribution in [0.2, 0.25) is 0 Å². The van der Waals surface area contributed by atoms with Gasteiger partial charge < -0.3 is 0 Å². The van der Waals surface area contributed by atoms with Crippen molar-refractivity contribution >= 4 is 0 Å². The van der Waals surface area contributed by atoms with Crippen molar-refractivity contribution in [2.75, 3.05) is 0 Å². The Labute approximate surface area is 90.9 Å². The van der Waals surface area contributed by atoms with E-state index in [0.29, 0.717) is 0 Å². The van der Waals surface area contributed by atoms with Gasteiger partial charge in [0.1, 0.15) is 0 Å². The third-order valence-corrected chi connectivity index (χ3v) is 1.58. The first-order valence-corrected chi connectivity index (χ1v) is 4.07. The molecular formula is C12H13Fe. The number of hydrogen-bond acceptors (Lipinski definition) is 0. The Balaban J connectivity index is 0.000000206. The van der Waals surface area contributed by atoms with Gasteiger partial charge in [-0.05, 0) is 25.5 Å². The standard InChI is InChI=1S/C6H7.C6H6.Fe/c2*1-6-4-2-3-5-6;/h2-5H,1H3;2-4H,1H3;. The Morgan fingerprint density at radius 3 is 2.00 bits per heavy atom. The van der Waals surface area contributed by atoms with Crippen molar-refractivity contribution < 1.29 is 17.1 Å². The minimum Gasteiger partial charge on any atom is -0.118 e. The number of hydrogen-bond donors (Lipinski definition) is 0. The Hall–Kier alpha value is -0.741. The summed E-state index contributed by atoms with van der Waals surface area (Å²) in [6.45, 7) is 4.11. The first kappa shape index (κ1) is 12.3. The van der Waals surface area contributed by atoms with Crippen LogP contribution in [0.25, 0.3) is 0 Å². The molecule has 1 radical (unpaired) electrons. The van der Waals surface area contributed by atoms with E-state index in [1.165, 1.54) is 11.1 Å². The van der Waals surface area contributed by atoms with Crippen molar-refractivity contribution in [2.45, 2.75) is 13.8 Å². The third kappa shape index (κ3) is 5.49. The van der Waals surface area contributed by atoms with Crippen LogP contribution in [0.5, 0.6) is 0 Å². The molecule has 0 aliphatic heterocycles. The average Bonchev–Trinajstić information content (AvgIpc) is 2.63. The van der Waals surface area contributed by atoms with Crippen LogP contribution in [0.15, 0.2) is 53.3 Å². The molecule has 13 heavy (non-hydrogen) atoms. The molecule has 0 unspecified atom stereocenters. The van der Waals surface area contributed by atoms with Crippen LogP contribution < -0.4 is 0 Å². The van der Waals surface area contributed by atoms with Crippen LogP contribution in [0.4, 0.5) is 0 Å². The molecule has 0 aromatic heterocycles. The molecule has 0 aromatic carbocycles. The summed E-state index contributed by atoms with van der Waals surface area (Å²) in [6, 6.07) is 0. The van der Waals surface area contributed by atoms with E-state index in [1.54, 1.807) is 0 Å². The van der Waals surface area contributed by atoms with E-state index in [0.717, 1.165) is 0 Å². The summed E-state index contributed by atoms with van der Waals surface area (Å²) >= 11 is 0. The Morgan fingerprint density at radius 1 is 1.08 bits per heavy atom. The quantitative estimate of drug-likeness (QED) is 0.427. The van der Waals surface area contributed by atoms with Crippen molar-refractivity contribution in [3.8, 4) is 0 Å². The van der Waals surface area contributed by atoms with Crippen molar-refractivity contribution in [2.24, 2.45) is 0 Å².